The van der Waals surface area contributed by atoms with Crippen molar-refractivity contribution in [3.63, 3.8) is 0 Å². The lowest BCUT2D eigenvalue weighted by atomic mass is 10.0. The Balaban J connectivity index is 1.12. The van der Waals surface area contributed by atoms with E-state index < -0.39 is 0 Å². The quantitative estimate of drug-likeness (QED) is 0.154. The minimum Gasteiger partial charge on any atom is -0.496 e. The maximum absolute atomic E-state index is 5.97. The van der Waals surface area contributed by atoms with Crippen LogP contribution in [-0.2, 0) is 11.3 Å². The number of hydrogen-bond donors (Lipinski definition) is 0. The standard InChI is InChI=1S/C44H35NO/c1-33-30-39-14-8-9-15-40(39)31-41(33)32-46-29-28-34-16-22-42(23-17-34)45(43-24-18-37(19-25-43)35-10-4-2-5-11-35)44-26-20-38(21-27-44)36-12-6-3-7-13-36/h2-31H,32H2,1H3/b29-28-. The molecule has 0 saturated carbocycles. The summed E-state index contributed by atoms with van der Waals surface area (Å²) in [6, 6.07) is 60.1. The van der Waals surface area contributed by atoms with Gasteiger partial charge in [-0.25, -0.2) is 0 Å². The third-order valence-corrected chi connectivity index (χ3v) is 8.42. The summed E-state index contributed by atoms with van der Waals surface area (Å²) in [6.07, 6.45) is 3.82. The molecule has 7 aromatic rings. The van der Waals surface area contributed by atoms with E-state index in [1.807, 2.05) is 6.08 Å². The summed E-state index contributed by atoms with van der Waals surface area (Å²) in [6.45, 7) is 2.68. The van der Waals surface area contributed by atoms with E-state index in [1.165, 1.54) is 44.2 Å². The van der Waals surface area contributed by atoms with Crippen LogP contribution in [0.15, 0.2) is 176 Å². The first kappa shape index (κ1) is 28.9. The minimum atomic E-state index is 0.539. The Labute approximate surface area is 271 Å². The third-order valence-electron chi connectivity index (χ3n) is 8.42. The molecule has 0 atom stereocenters. The predicted molar refractivity (Wildman–Crippen MR) is 195 cm³/mol. The molecule has 222 valence electrons. The molecule has 7 aromatic carbocycles. The molecule has 7 rings (SSSR count). The molecule has 0 radical (unpaired) electrons. The number of hydrogen-bond acceptors (Lipinski definition) is 2. The fraction of sp³-hybridized carbons (Fsp3) is 0.0455. The molecule has 0 heterocycles. The number of nitrogens with zero attached hydrogens (tertiary/aromatic N) is 1. The highest BCUT2D eigenvalue weighted by molar-refractivity contribution is 5.84. The maximum Gasteiger partial charge on any atom is 0.113 e. The van der Waals surface area contributed by atoms with Crippen LogP contribution in [0.4, 0.5) is 17.1 Å². The van der Waals surface area contributed by atoms with Gasteiger partial charge in [-0.15, -0.1) is 0 Å². The van der Waals surface area contributed by atoms with E-state index in [-0.39, 0.29) is 0 Å². The Morgan fingerprint density at radius 3 is 1.43 bits per heavy atom. The molecule has 0 aliphatic rings. The van der Waals surface area contributed by atoms with E-state index in [0.29, 0.717) is 6.61 Å². The number of benzene rings is 7. The Bertz CT molecular complexity index is 1980. The van der Waals surface area contributed by atoms with Gasteiger partial charge in [0.25, 0.3) is 0 Å². The summed E-state index contributed by atoms with van der Waals surface area (Å²) in [5.74, 6) is 0. The second kappa shape index (κ2) is 13.4. The molecule has 2 nitrogen and oxygen atoms in total. The van der Waals surface area contributed by atoms with Gasteiger partial charge in [0.2, 0.25) is 0 Å². The van der Waals surface area contributed by atoms with Crippen LogP contribution >= 0.6 is 0 Å². The zero-order chi connectivity index (χ0) is 31.1. The van der Waals surface area contributed by atoms with Gasteiger partial charge in [-0.3, -0.25) is 0 Å². The number of aryl methyl sites for hydroxylation is 1. The van der Waals surface area contributed by atoms with Crippen molar-refractivity contribution in [3.8, 4) is 22.3 Å². The molecule has 2 heteroatoms. The van der Waals surface area contributed by atoms with E-state index in [4.69, 9.17) is 4.74 Å². The van der Waals surface area contributed by atoms with Crippen molar-refractivity contribution >= 4 is 33.9 Å². The summed E-state index contributed by atoms with van der Waals surface area (Å²) in [5, 5.41) is 2.49. The van der Waals surface area contributed by atoms with Crippen LogP contribution in [0.25, 0.3) is 39.1 Å². The Hall–Kier alpha value is -5.86. The lowest BCUT2D eigenvalue weighted by Gasteiger charge is -2.26. The molecule has 0 amide bonds. The van der Waals surface area contributed by atoms with Gasteiger partial charge >= 0.3 is 0 Å². The average molecular weight is 594 g/mol. The van der Waals surface area contributed by atoms with Crippen LogP contribution in [0.2, 0.25) is 0 Å². The lowest BCUT2D eigenvalue weighted by Crippen LogP contribution is -2.09. The largest absolute Gasteiger partial charge is 0.496 e. The van der Waals surface area contributed by atoms with Gasteiger partial charge in [0.15, 0.2) is 0 Å². The first-order chi connectivity index (χ1) is 22.7. The van der Waals surface area contributed by atoms with Gasteiger partial charge in [0.1, 0.15) is 6.61 Å². The molecule has 0 aromatic heterocycles. The summed E-state index contributed by atoms with van der Waals surface area (Å²) in [7, 11) is 0. The first-order valence-corrected chi connectivity index (χ1v) is 15.7. The molecule has 0 saturated heterocycles. The fourth-order valence-corrected chi connectivity index (χ4v) is 5.87. The van der Waals surface area contributed by atoms with Gasteiger partial charge in [-0.1, -0.05) is 127 Å². The SMILES string of the molecule is Cc1cc2ccccc2cc1CO/C=C\c1ccc(N(c2ccc(-c3ccccc3)cc2)c2ccc(-c3ccccc3)cc2)cc1. The summed E-state index contributed by atoms with van der Waals surface area (Å²) in [4.78, 5) is 2.30. The van der Waals surface area contributed by atoms with Crippen molar-refractivity contribution in [2.75, 3.05) is 4.90 Å². The molecule has 0 spiro atoms. The molecule has 0 aliphatic heterocycles. The Morgan fingerprint density at radius 2 is 0.913 bits per heavy atom. The minimum absolute atomic E-state index is 0.539. The van der Waals surface area contributed by atoms with Crippen molar-refractivity contribution in [2.24, 2.45) is 0 Å². The highest BCUT2D eigenvalue weighted by Crippen LogP contribution is 2.37. The first-order valence-electron chi connectivity index (χ1n) is 15.7. The lowest BCUT2D eigenvalue weighted by molar-refractivity contribution is 0.238. The third kappa shape index (κ3) is 6.47. The molecule has 0 N–H and O–H groups in total. The van der Waals surface area contributed by atoms with Crippen molar-refractivity contribution in [1.82, 2.24) is 0 Å². The van der Waals surface area contributed by atoms with Gasteiger partial charge in [0.05, 0.1) is 6.26 Å². The van der Waals surface area contributed by atoms with Gasteiger partial charge in [-0.05, 0) is 105 Å². The predicted octanol–water partition coefficient (Wildman–Crippen LogP) is 12.1. The average Bonchev–Trinajstić information content (AvgIpc) is 3.12. The van der Waals surface area contributed by atoms with Crippen LogP contribution < -0.4 is 4.90 Å². The fourth-order valence-electron chi connectivity index (χ4n) is 5.87. The summed E-state index contributed by atoms with van der Waals surface area (Å²) >= 11 is 0. The van der Waals surface area contributed by atoms with Crippen LogP contribution in [0.5, 0.6) is 0 Å². The topological polar surface area (TPSA) is 12.5 Å². The van der Waals surface area contributed by atoms with E-state index in [0.717, 1.165) is 22.6 Å². The highest BCUT2D eigenvalue weighted by atomic mass is 16.5. The van der Waals surface area contributed by atoms with Gasteiger partial charge in [0, 0.05) is 17.1 Å². The summed E-state index contributed by atoms with van der Waals surface area (Å²) < 4.78 is 5.97. The van der Waals surface area contributed by atoms with Crippen LogP contribution in [0.1, 0.15) is 16.7 Å². The van der Waals surface area contributed by atoms with Crippen molar-refractivity contribution in [3.05, 3.63) is 193 Å². The highest BCUT2D eigenvalue weighted by Gasteiger charge is 2.13. The van der Waals surface area contributed by atoms with Crippen molar-refractivity contribution < 1.29 is 4.74 Å². The number of fused-ring (bicyclic) bond motifs is 1. The van der Waals surface area contributed by atoms with Gasteiger partial charge < -0.3 is 9.64 Å². The number of rotatable bonds is 9. The smallest absolute Gasteiger partial charge is 0.113 e. The normalized spacial score (nSPS) is 11.2. The molecule has 0 fully saturated rings. The zero-order valence-electron chi connectivity index (χ0n) is 25.9. The second-order valence-corrected chi connectivity index (χ2v) is 11.5. The van der Waals surface area contributed by atoms with Crippen LogP contribution in [0.3, 0.4) is 0 Å². The number of anilines is 3. The molecule has 0 bridgehead atoms. The van der Waals surface area contributed by atoms with Crippen LogP contribution in [-0.4, -0.2) is 0 Å². The van der Waals surface area contributed by atoms with Crippen molar-refractivity contribution in [1.29, 1.82) is 0 Å². The van der Waals surface area contributed by atoms with E-state index >= 15 is 0 Å². The van der Waals surface area contributed by atoms with E-state index in [2.05, 4.69) is 182 Å². The monoisotopic (exact) mass is 593 g/mol. The van der Waals surface area contributed by atoms with E-state index in [9.17, 15) is 0 Å². The van der Waals surface area contributed by atoms with Crippen LogP contribution in [0, 0.1) is 6.92 Å². The molecule has 46 heavy (non-hydrogen) atoms. The zero-order valence-corrected chi connectivity index (χ0v) is 25.9. The Kier molecular flexibility index (Phi) is 8.43. The Morgan fingerprint density at radius 1 is 0.478 bits per heavy atom. The van der Waals surface area contributed by atoms with Gasteiger partial charge in [-0.2, -0.15) is 0 Å². The number of ether oxygens (including phenoxy) is 1. The maximum atomic E-state index is 5.97. The van der Waals surface area contributed by atoms with E-state index in [1.54, 1.807) is 6.26 Å². The molecular formula is C44H35NO. The molecule has 0 aliphatic carbocycles. The second-order valence-electron chi connectivity index (χ2n) is 11.5. The summed E-state index contributed by atoms with van der Waals surface area (Å²) in [5.41, 5.74) is 11.6. The van der Waals surface area contributed by atoms with Crippen molar-refractivity contribution in [2.45, 2.75) is 13.5 Å². The molecule has 0 unspecified atom stereocenters. The molecular weight excluding hydrogens is 558 g/mol.